The van der Waals surface area contributed by atoms with Crippen molar-refractivity contribution in [2.45, 2.75) is 36.4 Å². The zero-order valence-electron chi connectivity index (χ0n) is 7.05. The predicted molar refractivity (Wildman–Crippen MR) is 51.7 cm³/mol. The van der Waals surface area contributed by atoms with E-state index in [0.29, 0.717) is 16.7 Å². The summed E-state index contributed by atoms with van der Waals surface area (Å²) in [7, 11) is 0. The van der Waals surface area contributed by atoms with Gasteiger partial charge in [-0.3, -0.25) is 0 Å². The van der Waals surface area contributed by atoms with Crippen LogP contribution in [0.25, 0.3) is 0 Å². The molecular formula is C10H14Cl2. The molecule has 4 rings (SSSR count). The lowest BCUT2D eigenvalue weighted by Crippen LogP contribution is -2.52. The Bertz CT molecular complexity index is 186. The van der Waals surface area contributed by atoms with Crippen molar-refractivity contribution in [2.75, 3.05) is 0 Å². The molecule has 4 aliphatic rings. The van der Waals surface area contributed by atoms with E-state index < -0.39 is 0 Å². The van der Waals surface area contributed by atoms with Crippen molar-refractivity contribution in [1.82, 2.24) is 0 Å². The molecule has 0 N–H and O–H groups in total. The van der Waals surface area contributed by atoms with Crippen LogP contribution >= 0.6 is 23.2 Å². The van der Waals surface area contributed by atoms with Crippen molar-refractivity contribution in [3.05, 3.63) is 0 Å². The Hall–Kier alpha value is 0.580. The summed E-state index contributed by atoms with van der Waals surface area (Å²) in [5.74, 6) is 3.24. The van der Waals surface area contributed by atoms with Gasteiger partial charge in [0.25, 0.3) is 0 Å². The molecule has 0 aromatic carbocycles. The molecule has 0 aromatic heterocycles. The molecular weight excluding hydrogens is 191 g/mol. The van der Waals surface area contributed by atoms with Crippen LogP contribution < -0.4 is 0 Å². The van der Waals surface area contributed by atoms with Crippen molar-refractivity contribution in [1.29, 1.82) is 0 Å². The molecule has 12 heavy (non-hydrogen) atoms. The van der Waals surface area contributed by atoms with Crippen LogP contribution in [0.15, 0.2) is 0 Å². The summed E-state index contributed by atoms with van der Waals surface area (Å²) < 4.78 is 0. The molecule has 0 heterocycles. The van der Waals surface area contributed by atoms with Crippen LogP contribution in [0.3, 0.4) is 0 Å². The first-order valence-corrected chi connectivity index (χ1v) is 5.91. The zero-order valence-corrected chi connectivity index (χ0v) is 8.56. The van der Waals surface area contributed by atoms with E-state index >= 15 is 0 Å². The smallest absolute Gasteiger partial charge is 0.0406 e. The fourth-order valence-electron chi connectivity index (χ4n) is 3.77. The maximum absolute atomic E-state index is 6.38. The highest BCUT2D eigenvalue weighted by molar-refractivity contribution is 6.24. The standard InChI is InChI=1S/C10H14Cl2/c11-9-6-1-5-2-7(4-6)10(12)8(9)3-5/h5-10H,1-4H2/t5?,6-,7+,8?,9?,10?. The quantitative estimate of drug-likeness (QED) is 0.532. The van der Waals surface area contributed by atoms with E-state index in [9.17, 15) is 0 Å². The lowest BCUT2D eigenvalue weighted by atomic mass is 9.56. The van der Waals surface area contributed by atoms with Crippen LogP contribution in [-0.2, 0) is 0 Å². The van der Waals surface area contributed by atoms with Gasteiger partial charge < -0.3 is 0 Å². The fourth-order valence-corrected chi connectivity index (χ4v) is 4.77. The minimum Gasteiger partial charge on any atom is -0.122 e. The van der Waals surface area contributed by atoms with Gasteiger partial charge in [-0.25, -0.2) is 0 Å². The van der Waals surface area contributed by atoms with E-state index in [1.807, 2.05) is 0 Å². The molecule has 0 spiro atoms. The summed E-state index contributed by atoms with van der Waals surface area (Å²) >= 11 is 12.8. The Morgan fingerprint density at radius 3 is 1.92 bits per heavy atom. The van der Waals surface area contributed by atoms with Crippen LogP contribution in [0.5, 0.6) is 0 Å². The van der Waals surface area contributed by atoms with Crippen molar-refractivity contribution in [2.24, 2.45) is 23.7 Å². The van der Waals surface area contributed by atoms with Gasteiger partial charge in [-0.15, -0.1) is 23.2 Å². The Kier molecular flexibility index (Phi) is 1.68. The summed E-state index contributed by atoms with van der Waals surface area (Å²) in [5, 5.41) is 0.806. The molecule has 2 heteroatoms. The van der Waals surface area contributed by atoms with Crippen molar-refractivity contribution >= 4 is 23.2 Å². The summed E-state index contributed by atoms with van der Waals surface area (Å²) in [5.41, 5.74) is 0. The van der Waals surface area contributed by atoms with Crippen LogP contribution in [-0.4, -0.2) is 10.8 Å². The highest BCUT2D eigenvalue weighted by Crippen LogP contribution is 2.57. The fraction of sp³-hybridized carbons (Fsp3) is 1.00. The summed E-state index contributed by atoms with van der Waals surface area (Å²) in [6, 6.07) is 0. The summed E-state index contributed by atoms with van der Waals surface area (Å²) in [6.45, 7) is 0. The second-order valence-electron chi connectivity index (χ2n) is 4.88. The lowest BCUT2D eigenvalue weighted by Gasteiger charge is -2.54. The first-order valence-electron chi connectivity index (χ1n) is 5.04. The van der Waals surface area contributed by atoms with Crippen molar-refractivity contribution < 1.29 is 0 Å². The monoisotopic (exact) mass is 204 g/mol. The molecule has 0 radical (unpaired) electrons. The third kappa shape index (κ3) is 0.915. The van der Waals surface area contributed by atoms with Crippen LogP contribution in [0, 0.1) is 23.7 Å². The number of hydrogen-bond acceptors (Lipinski definition) is 0. The van der Waals surface area contributed by atoms with Gasteiger partial charge in [-0.05, 0) is 49.4 Å². The Balaban J connectivity index is 1.93. The van der Waals surface area contributed by atoms with Crippen molar-refractivity contribution in [3.63, 3.8) is 0 Å². The SMILES string of the molecule is ClC1C2CC3C[C@@H]1C[C@H](C3)C2Cl. The van der Waals surface area contributed by atoms with Crippen LogP contribution in [0.2, 0.25) is 0 Å². The first-order chi connectivity index (χ1) is 5.75. The zero-order chi connectivity index (χ0) is 8.29. The molecule has 4 aliphatic carbocycles. The average molecular weight is 205 g/mol. The molecule has 0 aliphatic heterocycles. The predicted octanol–water partition coefficient (Wildman–Crippen LogP) is 3.27. The van der Waals surface area contributed by atoms with E-state index in [1.54, 1.807) is 0 Å². The van der Waals surface area contributed by atoms with E-state index in [0.717, 1.165) is 17.8 Å². The lowest BCUT2D eigenvalue weighted by molar-refractivity contribution is 0.0288. The maximum Gasteiger partial charge on any atom is 0.0406 e. The number of hydrogen-bond donors (Lipinski definition) is 0. The third-order valence-electron chi connectivity index (χ3n) is 4.20. The molecule has 0 aromatic rings. The first kappa shape index (κ1) is 7.94. The Morgan fingerprint density at radius 1 is 0.750 bits per heavy atom. The number of halogens is 2. The van der Waals surface area contributed by atoms with Gasteiger partial charge in [0.15, 0.2) is 0 Å². The topological polar surface area (TPSA) is 0 Å². The number of rotatable bonds is 0. The summed E-state index contributed by atoms with van der Waals surface area (Å²) in [6.07, 6.45) is 5.42. The van der Waals surface area contributed by atoms with E-state index in [2.05, 4.69) is 0 Å². The van der Waals surface area contributed by atoms with Gasteiger partial charge >= 0.3 is 0 Å². The largest absolute Gasteiger partial charge is 0.122 e. The van der Waals surface area contributed by atoms with E-state index in [4.69, 9.17) is 23.2 Å². The molecule has 4 bridgehead atoms. The van der Waals surface area contributed by atoms with Gasteiger partial charge in [0, 0.05) is 10.8 Å². The van der Waals surface area contributed by atoms with E-state index in [-0.39, 0.29) is 0 Å². The van der Waals surface area contributed by atoms with Crippen LogP contribution in [0.1, 0.15) is 25.7 Å². The van der Waals surface area contributed by atoms with Gasteiger partial charge in [-0.2, -0.15) is 0 Å². The highest BCUT2D eigenvalue weighted by atomic mass is 35.5. The van der Waals surface area contributed by atoms with Gasteiger partial charge in [0.05, 0.1) is 0 Å². The molecule has 6 atom stereocenters. The Morgan fingerprint density at radius 2 is 1.33 bits per heavy atom. The average Bonchev–Trinajstić information content (AvgIpc) is 2.07. The second-order valence-corrected chi connectivity index (χ2v) is 5.89. The second kappa shape index (κ2) is 2.54. The molecule has 68 valence electrons. The van der Waals surface area contributed by atoms with Crippen molar-refractivity contribution in [3.8, 4) is 0 Å². The molecule has 0 nitrogen and oxygen atoms in total. The maximum atomic E-state index is 6.38. The highest BCUT2D eigenvalue weighted by Gasteiger charge is 2.52. The molecule has 0 amide bonds. The third-order valence-corrected chi connectivity index (χ3v) is 5.56. The Labute approximate surface area is 83.6 Å². The summed E-state index contributed by atoms with van der Waals surface area (Å²) in [4.78, 5) is 0. The minimum absolute atomic E-state index is 0.403. The van der Waals surface area contributed by atoms with Gasteiger partial charge in [0.1, 0.15) is 0 Å². The van der Waals surface area contributed by atoms with Gasteiger partial charge in [-0.1, -0.05) is 0 Å². The van der Waals surface area contributed by atoms with Crippen LogP contribution in [0.4, 0.5) is 0 Å². The normalized spacial score (nSPS) is 62.5. The molecule has 4 unspecified atom stereocenters. The number of alkyl halides is 2. The molecule has 4 saturated carbocycles. The minimum atomic E-state index is 0.403. The molecule has 0 saturated heterocycles. The molecule has 4 fully saturated rings. The van der Waals surface area contributed by atoms with Gasteiger partial charge in [0.2, 0.25) is 0 Å². The van der Waals surface area contributed by atoms with E-state index in [1.165, 1.54) is 25.7 Å².